The van der Waals surface area contributed by atoms with E-state index in [-0.39, 0.29) is 98.3 Å². The van der Waals surface area contributed by atoms with Crippen LogP contribution >= 0.6 is 0 Å². The number of hydrogen-bond acceptors (Lipinski definition) is 16. The van der Waals surface area contributed by atoms with E-state index in [1.807, 2.05) is 91.8 Å². The first-order chi connectivity index (χ1) is 41.2. The van der Waals surface area contributed by atoms with Gasteiger partial charge >= 0.3 is 12.2 Å². The normalized spacial score (nSPS) is 29.8. The van der Waals surface area contributed by atoms with Gasteiger partial charge in [0.1, 0.15) is 59.4 Å². The molecule has 6 heterocycles. The fourth-order valence-electron chi connectivity index (χ4n) is 12.9. The minimum absolute atomic E-state index is 0. The van der Waals surface area contributed by atoms with Gasteiger partial charge in [-0.15, -0.1) is 0 Å². The third-order valence-corrected chi connectivity index (χ3v) is 18.6. The van der Waals surface area contributed by atoms with Crippen LogP contribution in [-0.4, -0.2) is 140 Å². The van der Waals surface area contributed by atoms with Gasteiger partial charge in [0.15, 0.2) is 0 Å². The van der Waals surface area contributed by atoms with Crippen molar-refractivity contribution >= 4 is 58.6 Å². The molecule has 12 rings (SSSR count). The van der Waals surface area contributed by atoms with Crippen LogP contribution in [-0.2, 0) is 78.6 Å². The Bertz CT molecular complexity index is 3170. The Morgan fingerprint density at radius 1 is 0.500 bits per heavy atom. The van der Waals surface area contributed by atoms with Gasteiger partial charge in [-0.1, -0.05) is 93.2 Å². The molecule has 474 valence electrons. The van der Waals surface area contributed by atoms with Crippen LogP contribution in [0, 0.1) is 34.5 Å². The first-order valence-electron chi connectivity index (χ1n) is 31.8. The number of aryl methyl sites for hydroxylation is 2. The van der Waals surface area contributed by atoms with Crippen LogP contribution in [0.5, 0.6) is 23.3 Å². The largest absolute Gasteiger partial charge is 0.540 e. The Morgan fingerprint density at radius 2 is 0.932 bits per heavy atom. The van der Waals surface area contributed by atoms with Crippen molar-refractivity contribution in [3.8, 4) is 23.3 Å². The van der Waals surface area contributed by atoms with Crippen molar-refractivity contribution in [1.29, 1.82) is 0 Å². The van der Waals surface area contributed by atoms with Gasteiger partial charge in [0.2, 0.25) is 23.6 Å². The molecular weight excluding hydrogens is 1200 g/mol. The summed E-state index contributed by atoms with van der Waals surface area (Å²) in [4.78, 5) is 101. The zero-order valence-corrected chi connectivity index (χ0v) is 55.0. The maximum absolute atomic E-state index is 14.1. The quantitative estimate of drug-likeness (QED) is 0.171. The number of hydrogen-bond donors (Lipinski definition) is 2. The number of nitrogens with one attached hydrogen (secondary N) is 2. The zero-order chi connectivity index (χ0) is 60.6. The third-order valence-electron chi connectivity index (χ3n) is 18.6. The van der Waals surface area contributed by atoms with E-state index in [1.54, 1.807) is 0 Å². The molecule has 12 atom stereocenters. The molecule has 4 aliphatic heterocycles. The predicted octanol–water partition coefficient (Wildman–Crippen LogP) is 9.82. The molecule has 2 N–H and O–H groups in total. The van der Waals surface area contributed by atoms with Crippen LogP contribution in [0.15, 0.2) is 36.4 Å². The molecule has 88 heavy (non-hydrogen) atoms. The summed E-state index contributed by atoms with van der Waals surface area (Å²) < 4.78 is 36.7. The Hall–Kier alpha value is -5.69. The smallest absolute Gasteiger partial charge is 0.408 e. The number of fused-ring (bicyclic) bond motifs is 10. The topological polar surface area (TPSA) is 240 Å². The number of nitrogens with zero attached hydrogens (tertiary/aromatic N) is 6. The summed E-state index contributed by atoms with van der Waals surface area (Å²) in [6.45, 7) is 15.4. The summed E-state index contributed by atoms with van der Waals surface area (Å²) in [5.41, 5.74) is 3.23. The van der Waals surface area contributed by atoms with Crippen LogP contribution in [0.4, 0.5) is 9.59 Å². The number of carbonyl (C=O) groups is 4. The van der Waals surface area contributed by atoms with Gasteiger partial charge in [0, 0.05) is 49.2 Å². The molecule has 20 nitrogen and oxygen atoms in total. The Labute approximate surface area is 540 Å². The summed E-state index contributed by atoms with van der Waals surface area (Å²) in [6, 6.07) is 8.15. The van der Waals surface area contributed by atoms with Crippen molar-refractivity contribution in [2.45, 2.75) is 232 Å². The monoisotopic (exact) mass is 1280 g/mol. The first kappa shape index (κ1) is 66.7. The second kappa shape index (κ2) is 28.2. The minimum atomic E-state index is -0.892. The molecule has 22 heteroatoms. The minimum Gasteiger partial charge on any atom is -0.540 e. The van der Waals surface area contributed by atoms with Gasteiger partial charge in [-0.05, 0) is 149 Å². The van der Waals surface area contributed by atoms with Crippen molar-refractivity contribution in [1.82, 2.24) is 40.4 Å². The second-order valence-electron chi connectivity index (χ2n) is 27.7. The van der Waals surface area contributed by atoms with E-state index >= 15 is 0 Å². The summed E-state index contributed by atoms with van der Waals surface area (Å²) in [6.07, 6.45) is 19.5. The number of rotatable bonds is 6. The molecule has 4 aromatic rings. The van der Waals surface area contributed by atoms with Crippen molar-refractivity contribution in [2.24, 2.45) is 34.5 Å². The van der Waals surface area contributed by atoms with E-state index in [2.05, 4.69) is 23.2 Å². The number of benzene rings is 2. The molecule has 4 saturated carbocycles. The van der Waals surface area contributed by atoms with E-state index in [1.165, 1.54) is 9.80 Å². The van der Waals surface area contributed by atoms with Crippen molar-refractivity contribution < 1.29 is 94.3 Å². The number of ether oxygens (including phenoxy) is 6. The zero-order valence-electron chi connectivity index (χ0n) is 52.2. The molecular formula is C66H86N8O12V2-2. The van der Waals surface area contributed by atoms with E-state index in [9.17, 15) is 28.8 Å². The molecule has 2 aromatic heterocycles. The van der Waals surface area contributed by atoms with Crippen LogP contribution in [0.25, 0.3) is 22.1 Å². The standard InChI is InChI=1S/C34H45N4O6.C32H41N4O6.2V/c1-20-27(19-39)38-18-29(20)43-31-25(35-24-16-15-23(17-26(24)36-31)42-22-13-14-22)11-7-5-6-9-21-10-8-12-28(21)44-33(41)37-30(32(38)40)34(2,3)4;1-18-25(17-37)36-16-27(18)41-29-23(33-22-13-12-21(15-24(22)34-29)40-20-10-11-20)9-7-5-6-8-19-14-26(19)42-31(39)35-28(30(36)38)32(2,3)4;;/h15-17,20-22,27-30H,5-14,18H2,1-4H3,(H,37,41);12-13,15,18-20,25-28H,5-11,14,16H2,1-4H3,(H,35,39);;/q2*-1;;/t20-,21+,27+,28+,29-,30+;18-,19+,25+,26+,27-,28+;;/m00../s1. The molecule has 2 saturated heterocycles. The van der Waals surface area contributed by atoms with Crippen LogP contribution in [0.3, 0.4) is 0 Å². The molecule has 0 spiro atoms. The SMILES string of the molecule is C[C@@H]1[C@@H]2CN(C(=O)[C@H](C(C)(C)C)NC(=O)O[C@@H]3CCC[C@H]3CCCCCc3nc4ccc(OC5CC5)cc4nc3O2)[C@@H]1[C-]=O.C[C@@H]1[C@@H]2CN(C(=O)[C@H](C(C)(C)C)NC(=O)O[C@@H]3C[C@H]3CCCCCc3nc4ccc(OC5CC5)cc4nc3O2)[C@@H]1[C-]=O.[V].[V]. The predicted molar refractivity (Wildman–Crippen MR) is 319 cm³/mol. The molecule has 2 aromatic carbocycles. The number of carbonyl (C=O) groups excluding carboxylic acids is 6. The molecule has 4 aliphatic carbocycles. The Balaban J connectivity index is 0.000000205. The van der Waals surface area contributed by atoms with Gasteiger partial charge < -0.3 is 58.4 Å². The summed E-state index contributed by atoms with van der Waals surface area (Å²) in [5, 5.41) is 5.68. The fraction of sp³-hybridized carbons (Fsp3) is 0.667. The van der Waals surface area contributed by atoms with Gasteiger partial charge in [0.05, 0.1) is 47.4 Å². The summed E-state index contributed by atoms with van der Waals surface area (Å²) in [7, 11) is 0. The van der Waals surface area contributed by atoms with Crippen LogP contribution < -0.4 is 29.6 Å². The van der Waals surface area contributed by atoms with E-state index in [4.69, 9.17) is 48.4 Å². The van der Waals surface area contributed by atoms with Gasteiger partial charge in [-0.25, -0.2) is 42.1 Å². The molecule has 6 fully saturated rings. The third kappa shape index (κ3) is 15.9. The molecule has 4 bridgehead atoms. The van der Waals surface area contributed by atoms with Gasteiger partial charge in [-0.3, -0.25) is 9.59 Å². The molecule has 2 radical (unpaired) electrons. The maximum Gasteiger partial charge on any atom is 0.408 e. The van der Waals surface area contributed by atoms with Crippen LogP contribution in [0.1, 0.15) is 170 Å². The van der Waals surface area contributed by atoms with Crippen molar-refractivity contribution in [3.05, 3.63) is 47.8 Å². The molecule has 0 unspecified atom stereocenters. The first-order valence-corrected chi connectivity index (χ1v) is 31.8. The average molecular weight is 1290 g/mol. The molecule has 4 amide bonds. The number of aromatic nitrogens is 4. The van der Waals surface area contributed by atoms with E-state index in [0.29, 0.717) is 47.5 Å². The van der Waals surface area contributed by atoms with E-state index < -0.39 is 59.4 Å². The Morgan fingerprint density at radius 3 is 1.36 bits per heavy atom. The fourth-order valence-corrected chi connectivity index (χ4v) is 12.9. The molecule has 8 aliphatic rings. The maximum atomic E-state index is 14.1. The van der Waals surface area contributed by atoms with Crippen molar-refractivity contribution in [2.75, 3.05) is 13.1 Å². The van der Waals surface area contributed by atoms with E-state index in [0.717, 1.165) is 137 Å². The number of alkyl carbamates (subject to hydrolysis) is 2. The average Bonchev–Trinajstić information content (AvgIpc) is 2.04. The van der Waals surface area contributed by atoms with Crippen molar-refractivity contribution in [3.63, 3.8) is 0 Å². The number of amides is 4. The second-order valence-corrected chi connectivity index (χ2v) is 27.7. The van der Waals surface area contributed by atoms with Gasteiger partial charge in [0.25, 0.3) is 0 Å². The van der Waals surface area contributed by atoms with Gasteiger partial charge in [-0.2, -0.15) is 0 Å². The van der Waals surface area contributed by atoms with Crippen LogP contribution in [0.2, 0.25) is 0 Å². The summed E-state index contributed by atoms with van der Waals surface area (Å²) in [5.74, 6) is 1.65. The Kier molecular flexibility index (Phi) is 21.4. The summed E-state index contributed by atoms with van der Waals surface area (Å²) >= 11 is 0.